The zero-order valence-corrected chi connectivity index (χ0v) is 17.1. The van der Waals surface area contributed by atoms with Crippen LogP contribution in [0.2, 0.25) is 0 Å². The predicted octanol–water partition coefficient (Wildman–Crippen LogP) is 4.66. The fourth-order valence-corrected chi connectivity index (χ4v) is 3.98. The second-order valence-electron chi connectivity index (χ2n) is 7.57. The van der Waals surface area contributed by atoms with Gasteiger partial charge in [0.25, 0.3) is 5.91 Å². The SMILES string of the molecule is Cc1cc(C2=NCc3ccc(NC(=O)c4c(F)cc5c(cnn5C)c4F)cc32)c(C)o1. The van der Waals surface area contributed by atoms with Gasteiger partial charge >= 0.3 is 0 Å². The van der Waals surface area contributed by atoms with Crippen molar-refractivity contribution in [1.82, 2.24) is 9.78 Å². The zero-order chi connectivity index (χ0) is 21.9. The number of amides is 1. The van der Waals surface area contributed by atoms with Gasteiger partial charge in [0.2, 0.25) is 0 Å². The molecule has 156 valence electrons. The molecular formula is C23H18F2N4O2. The highest BCUT2D eigenvalue weighted by molar-refractivity contribution is 6.16. The van der Waals surface area contributed by atoms with Crippen molar-refractivity contribution in [2.24, 2.45) is 12.0 Å². The lowest BCUT2D eigenvalue weighted by molar-refractivity contribution is 0.101. The van der Waals surface area contributed by atoms with Gasteiger partial charge < -0.3 is 9.73 Å². The van der Waals surface area contributed by atoms with Gasteiger partial charge in [-0.05, 0) is 37.6 Å². The Morgan fingerprint density at radius 1 is 1.16 bits per heavy atom. The molecule has 2 aromatic heterocycles. The van der Waals surface area contributed by atoms with Gasteiger partial charge in [-0.2, -0.15) is 5.10 Å². The molecule has 0 atom stereocenters. The number of halogens is 2. The lowest BCUT2D eigenvalue weighted by Gasteiger charge is -2.10. The van der Waals surface area contributed by atoms with Crippen LogP contribution in [0.5, 0.6) is 0 Å². The zero-order valence-electron chi connectivity index (χ0n) is 17.1. The van der Waals surface area contributed by atoms with Crippen molar-refractivity contribution in [3.63, 3.8) is 0 Å². The number of nitrogens with zero attached hydrogens (tertiary/aromatic N) is 3. The molecule has 3 heterocycles. The molecule has 31 heavy (non-hydrogen) atoms. The fraction of sp³-hybridized carbons (Fsp3) is 0.174. The summed E-state index contributed by atoms with van der Waals surface area (Å²) >= 11 is 0. The van der Waals surface area contributed by atoms with E-state index in [0.29, 0.717) is 12.2 Å². The number of furan rings is 1. The molecule has 0 unspecified atom stereocenters. The number of carbonyl (C=O) groups is 1. The molecular weight excluding hydrogens is 402 g/mol. The van der Waals surface area contributed by atoms with Gasteiger partial charge in [-0.1, -0.05) is 6.07 Å². The van der Waals surface area contributed by atoms with E-state index in [4.69, 9.17) is 4.42 Å². The molecule has 1 amide bonds. The van der Waals surface area contributed by atoms with Crippen LogP contribution in [0.15, 0.2) is 45.9 Å². The van der Waals surface area contributed by atoms with Gasteiger partial charge in [-0.25, -0.2) is 8.78 Å². The summed E-state index contributed by atoms with van der Waals surface area (Å²) < 4.78 is 36.4. The predicted molar refractivity (Wildman–Crippen MR) is 113 cm³/mol. The minimum absolute atomic E-state index is 0.0863. The molecule has 8 heteroatoms. The van der Waals surface area contributed by atoms with Gasteiger partial charge in [0.1, 0.15) is 28.7 Å². The number of nitrogens with one attached hydrogen (secondary N) is 1. The first-order valence-corrected chi connectivity index (χ1v) is 9.69. The lowest BCUT2D eigenvalue weighted by atomic mass is 9.99. The molecule has 1 aliphatic rings. The molecule has 0 aliphatic carbocycles. The molecule has 5 rings (SSSR count). The summed E-state index contributed by atoms with van der Waals surface area (Å²) in [5.41, 5.74) is 3.56. The van der Waals surface area contributed by atoms with Crippen LogP contribution in [0.4, 0.5) is 14.5 Å². The molecule has 1 aliphatic heterocycles. The lowest BCUT2D eigenvalue weighted by Crippen LogP contribution is -2.16. The largest absolute Gasteiger partial charge is 0.466 e. The number of benzene rings is 2. The average molecular weight is 420 g/mol. The summed E-state index contributed by atoms with van der Waals surface area (Å²) in [7, 11) is 1.58. The third-order valence-corrected chi connectivity index (χ3v) is 5.50. The van der Waals surface area contributed by atoms with E-state index in [-0.39, 0.29) is 10.9 Å². The Bertz CT molecular complexity index is 1410. The quantitative estimate of drug-likeness (QED) is 0.524. The van der Waals surface area contributed by atoms with Crippen molar-refractivity contribution in [2.45, 2.75) is 20.4 Å². The first kappa shape index (κ1) is 19.2. The Balaban J connectivity index is 1.49. The summed E-state index contributed by atoms with van der Waals surface area (Å²) in [6.07, 6.45) is 1.27. The number of aliphatic imine (C=N–C) groups is 1. The smallest absolute Gasteiger partial charge is 0.261 e. The standard InChI is InChI=1S/C23H18F2N4O2/c1-11-6-15(12(2)31-11)22-16-7-14(5-4-13(16)9-26-22)28-23(30)20-18(24)8-19-17(21(20)25)10-27-29(19)3/h4-8,10H,9H2,1-3H3,(H,28,30). The van der Waals surface area contributed by atoms with Crippen LogP contribution < -0.4 is 5.32 Å². The normalized spacial score (nSPS) is 12.9. The minimum atomic E-state index is -0.945. The third-order valence-electron chi connectivity index (χ3n) is 5.50. The van der Waals surface area contributed by atoms with E-state index in [0.717, 1.165) is 40.0 Å². The van der Waals surface area contributed by atoms with E-state index >= 15 is 0 Å². The Morgan fingerprint density at radius 3 is 2.71 bits per heavy atom. The summed E-state index contributed by atoms with van der Waals surface area (Å²) in [5.74, 6) is -1.21. The number of hydrogen-bond acceptors (Lipinski definition) is 4. The number of rotatable bonds is 3. The Hall–Kier alpha value is -3.81. The van der Waals surface area contributed by atoms with Gasteiger partial charge in [-0.3, -0.25) is 14.5 Å². The number of hydrogen-bond donors (Lipinski definition) is 1. The Kier molecular flexibility index (Phi) is 4.25. The summed E-state index contributed by atoms with van der Waals surface area (Å²) in [6.45, 7) is 4.25. The second kappa shape index (κ2) is 6.87. The number of anilines is 1. The molecule has 4 aromatic rings. The Morgan fingerprint density at radius 2 is 1.97 bits per heavy atom. The van der Waals surface area contributed by atoms with E-state index in [9.17, 15) is 13.6 Å². The third kappa shape index (κ3) is 3.02. The van der Waals surface area contributed by atoms with Crippen LogP contribution in [0.1, 0.15) is 38.6 Å². The summed E-state index contributed by atoms with van der Waals surface area (Å²) in [6, 6.07) is 8.33. The maximum Gasteiger partial charge on any atom is 0.261 e. The second-order valence-corrected chi connectivity index (χ2v) is 7.57. The number of aryl methyl sites for hydroxylation is 3. The van der Waals surface area contributed by atoms with E-state index in [1.807, 2.05) is 26.0 Å². The maximum absolute atomic E-state index is 14.9. The molecule has 6 nitrogen and oxygen atoms in total. The molecule has 0 radical (unpaired) electrons. The van der Waals surface area contributed by atoms with Crippen molar-refractivity contribution < 1.29 is 18.0 Å². The van der Waals surface area contributed by atoms with E-state index in [2.05, 4.69) is 15.4 Å². The topological polar surface area (TPSA) is 72.4 Å². The Labute approximate surface area is 176 Å². The van der Waals surface area contributed by atoms with Crippen molar-refractivity contribution in [2.75, 3.05) is 5.32 Å². The minimum Gasteiger partial charge on any atom is -0.466 e. The van der Waals surface area contributed by atoms with Gasteiger partial charge in [-0.15, -0.1) is 0 Å². The number of carbonyl (C=O) groups excluding carboxylic acids is 1. The van der Waals surface area contributed by atoms with Gasteiger partial charge in [0.05, 0.1) is 29.4 Å². The molecule has 2 aromatic carbocycles. The molecule has 1 N–H and O–H groups in total. The van der Waals surface area contributed by atoms with Crippen molar-refractivity contribution in [3.8, 4) is 0 Å². The van der Waals surface area contributed by atoms with E-state index in [1.54, 1.807) is 19.2 Å². The van der Waals surface area contributed by atoms with Crippen LogP contribution in [-0.4, -0.2) is 21.4 Å². The van der Waals surface area contributed by atoms with Crippen molar-refractivity contribution >= 4 is 28.2 Å². The van der Waals surface area contributed by atoms with Crippen LogP contribution >= 0.6 is 0 Å². The molecule has 0 saturated carbocycles. The average Bonchev–Trinajstić information content (AvgIpc) is 3.39. The van der Waals surface area contributed by atoms with Crippen molar-refractivity contribution in [3.05, 3.63) is 81.9 Å². The van der Waals surface area contributed by atoms with Crippen LogP contribution in [0.3, 0.4) is 0 Å². The molecule has 0 saturated heterocycles. The summed E-state index contributed by atoms with van der Waals surface area (Å²) in [4.78, 5) is 17.4. The monoisotopic (exact) mass is 420 g/mol. The summed E-state index contributed by atoms with van der Waals surface area (Å²) in [5, 5.41) is 6.62. The van der Waals surface area contributed by atoms with Crippen molar-refractivity contribution in [1.29, 1.82) is 0 Å². The van der Waals surface area contributed by atoms with Gasteiger partial charge in [0.15, 0.2) is 0 Å². The first-order chi connectivity index (χ1) is 14.8. The highest BCUT2D eigenvalue weighted by Crippen LogP contribution is 2.30. The van der Waals surface area contributed by atoms with E-state index in [1.165, 1.54) is 10.9 Å². The highest BCUT2D eigenvalue weighted by Gasteiger charge is 2.24. The molecule has 0 fully saturated rings. The first-order valence-electron chi connectivity index (χ1n) is 9.69. The van der Waals surface area contributed by atoms with Gasteiger partial charge in [0, 0.05) is 29.9 Å². The highest BCUT2D eigenvalue weighted by atomic mass is 19.1. The molecule has 0 bridgehead atoms. The van der Waals surface area contributed by atoms with Crippen LogP contribution in [0, 0.1) is 25.5 Å². The number of aromatic nitrogens is 2. The molecule has 0 spiro atoms. The number of fused-ring (bicyclic) bond motifs is 2. The van der Waals surface area contributed by atoms with Crippen LogP contribution in [0.25, 0.3) is 10.9 Å². The maximum atomic E-state index is 14.9. The fourth-order valence-electron chi connectivity index (χ4n) is 3.98. The van der Waals surface area contributed by atoms with Crippen LogP contribution in [-0.2, 0) is 13.6 Å². The van der Waals surface area contributed by atoms with E-state index < -0.39 is 23.1 Å².